The van der Waals surface area contributed by atoms with Crippen LogP contribution in [0.25, 0.3) is 0 Å². The van der Waals surface area contributed by atoms with E-state index in [4.69, 9.17) is 0 Å². The highest BCUT2D eigenvalue weighted by Gasteiger charge is 2.44. The predicted molar refractivity (Wildman–Crippen MR) is 75.8 cm³/mol. The van der Waals surface area contributed by atoms with E-state index < -0.39 is 9.84 Å². The largest absolute Gasteiger partial charge is 0.384 e. The van der Waals surface area contributed by atoms with Crippen LogP contribution < -0.4 is 5.32 Å². The molecule has 1 N–H and O–H groups in total. The molecule has 0 heterocycles. The third-order valence-corrected chi connectivity index (χ3v) is 4.71. The van der Waals surface area contributed by atoms with Gasteiger partial charge in [-0.25, -0.2) is 8.42 Å². The summed E-state index contributed by atoms with van der Waals surface area (Å²) in [4.78, 5) is 0. The Morgan fingerprint density at radius 1 is 1.28 bits per heavy atom. The second-order valence-electron chi connectivity index (χ2n) is 5.74. The monoisotopic (exact) mass is 267 g/mol. The summed E-state index contributed by atoms with van der Waals surface area (Å²) in [6.45, 7) is 4.89. The fourth-order valence-corrected chi connectivity index (χ4v) is 3.82. The second-order valence-corrected chi connectivity index (χ2v) is 7.88. The Labute approximate surface area is 110 Å². The van der Waals surface area contributed by atoms with Crippen LogP contribution in [0.5, 0.6) is 0 Å². The lowest BCUT2D eigenvalue weighted by molar-refractivity contribution is 0.561. The van der Waals surface area contributed by atoms with Crippen LogP contribution in [0.15, 0.2) is 18.2 Å². The van der Waals surface area contributed by atoms with Crippen molar-refractivity contribution in [3.05, 3.63) is 29.3 Å². The van der Waals surface area contributed by atoms with Gasteiger partial charge >= 0.3 is 0 Å². The predicted octanol–water partition coefficient (Wildman–Crippen LogP) is 2.54. The zero-order valence-corrected chi connectivity index (χ0v) is 12.1. The SMILES string of the molecule is Cc1ccc(C)c(NCC2(CS(C)(=O)=O)CC2)c1. The number of sulfone groups is 1. The zero-order valence-electron chi connectivity index (χ0n) is 11.3. The number of aryl methyl sites for hydroxylation is 2. The van der Waals surface area contributed by atoms with E-state index in [1.54, 1.807) is 0 Å². The normalized spacial score (nSPS) is 17.5. The first kappa shape index (κ1) is 13.4. The molecule has 0 amide bonds. The van der Waals surface area contributed by atoms with E-state index in [2.05, 4.69) is 37.4 Å². The number of anilines is 1. The third-order valence-electron chi connectivity index (χ3n) is 3.57. The Morgan fingerprint density at radius 2 is 1.94 bits per heavy atom. The average Bonchev–Trinajstić information content (AvgIpc) is 2.97. The Hall–Kier alpha value is -1.03. The molecule has 0 aliphatic heterocycles. The maximum Gasteiger partial charge on any atom is 0.148 e. The molecular weight excluding hydrogens is 246 g/mol. The van der Waals surface area contributed by atoms with Gasteiger partial charge in [0.15, 0.2) is 0 Å². The Bertz CT molecular complexity index is 545. The molecule has 18 heavy (non-hydrogen) atoms. The second kappa shape index (κ2) is 4.57. The summed E-state index contributed by atoms with van der Waals surface area (Å²) in [7, 11) is -2.88. The van der Waals surface area contributed by atoms with Crippen LogP contribution in [-0.2, 0) is 9.84 Å². The highest BCUT2D eigenvalue weighted by Crippen LogP contribution is 2.46. The molecule has 0 atom stereocenters. The van der Waals surface area contributed by atoms with Gasteiger partial charge in [-0.1, -0.05) is 12.1 Å². The van der Waals surface area contributed by atoms with E-state index in [9.17, 15) is 8.42 Å². The van der Waals surface area contributed by atoms with Crippen LogP contribution in [0.4, 0.5) is 5.69 Å². The quantitative estimate of drug-likeness (QED) is 0.891. The highest BCUT2D eigenvalue weighted by molar-refractivity contribution is 7.90. The van der Waals surface area contributed by atoms with Crippen molar-refractivity contribution in [3.63, 3.8) is 0 Å². The van der Waals surface area contributed by atoms with Crippen LogP contribution in [-0.4, -0.2) is 27.0 Å². The molecule has 0 bridgehead atoms. The Balaban J connectivity index is 2.02. The van der Waals surface area contributed by atoms with Gasteiger partial charge in [-0.05, 0) is 43.9 Å². The van der Waals surface area contributed by atoms with Crippen LogP contribution in [0, 0.1) is 19.3 Å². The van der Waals surface area contributed by atoms with Gasteiger partial charge in [-0.2, -0.15) is 0 Å². The minimum Gasteiger partial charge on any atom is -0.384 e. The lowest BCUT2D eigenvalue weighted by Gasteiger charge is -2.17. The van der Waals surface area contributed by atoms with Crippen LogP contribution in [0.3, 0.4) is 0 Å². The van der Waals surface area contributed by atoms with E-state index in [-0.39, 0.29) is 5.41 Å². The van der Waals surface area contributed by atoms with Gasteiger partial charge in [0.05, 0.1) is 5.75 Å². The molecule has 1 aromatic carbocycles. The molecule has 3 nitrogen and oxygen atoms in total. The summed E-state index contributed by atoms with van der Waals surface area (Å²) >= 11 is 0. The molecule has 0 saturated heterocycles. The third kappa shape index (κ3) is 3.48. The van der Waals surface area contributed by atoms with Crippen molar-refractivity contribution in [1.29, 1.82) is 0 Å². The van der Waals surface area contributed by atoms with Crippen molar-refractivity contribution in [2.45, 2.75) is 26.7 Å². The van der Waals surface area contributed by atoms with Crippen LogP contribution >= 0.6 is 0 Å². The summed E-state index contributed by atoms with van der Waals surface area (Å²) in [5.74, 6) is 0.303. The fraction of sp³-hybridized carbons (Fsp3) is 0.571. The van der Waals surface area contributed by atoms with Crippen molar-refractivity contribution in [2.75, 3.05) is 23.9 Å². The van der Waals surface area contributed by atoms with Gasteiger partial charge in [0.2, 0.25) is 0 Å². The molecule has 1 fully saturated rings. The van der Waals surface area contributed by atoms with E-state index in [0.29, 0.717) is 5.75 Å². The minimum atomic E-state index is -2.88. The maximum atomic E-state index is 11.4. The molecular formula is C14H21NO2S. The van der Waals surface area contributed by atoms with Gasteiger partial charge < -0.3 is 5.32 Å². The number of hydrogen-bond acceptors (Lipinski definition) is 3. The molecule has 0 unspecified atom stereocenters. The van der Waals surface area contributed by atoms with E-state index in [0.717, 1.165) is 25.1 Å². The molecule has 1 aliphatic carbocycles. The molecule has 100 valence electrons. The maximum absolute atomic E-state index is 11.4. The van der Waals surface area contributed by atoms with Crippen molar-refractivity contribution < 1.29 is 8.42 Å². The molecule has 0 spiro atoms. The molecule has 1 aromatic rings. The van der Waals surface area contributed by atoms with Gasteiger partial charge in [0, 0.05) is 23.9 Å². The van der Waals surface area contributed by atoms with Crippen molar-refractivity contribution in [3.8, 4) is 0 Å². The van der Waals surface area contributed by atoms with Gasteiger partial charge in [0.1, 0.15) is 9.84 Å². The average molecular weight is 267 g/mol. The standard InChI is InChI=1S/C14H21NO2S/c1-11-4-5-12(2)13(8-11)15-9-14(6-7-14)10-18(3,16)17/h4-5,8,15H,6-7,9-10H2,1-3H3. The first-order valence-corrected chi connectivity index (χ1v) is 8.35. The minimum absolute atomic E-state index is 0.0240. The summed E-state index contributed by atoms with van der Waals surface area (Å²) in [5.41, 5.74) is 3.52. The van der Waals surface area contributed by atoms with Crippen molar-refractivity contribution in [2.24, 2.45) is 5.41 Å². The van der Waals surface area contributed by atoms with Gasteiger partial charge in [-0.15, -0.1) is 0 Å². The summed E-state index contributed by atoms with van der Waals surface area (Å²) in [6, 6.07) is 6.30. The molecule has 1 aliphatic rings. The fourth-order valence-electron chi connectivity index (χ4n) is 2.31. The lowest BCUT2D eigenvalue weighted by Crippen LogP contribution is -2.24. The van der Waals surface area contributed by atoms with Gasteiger partial charge in [0.25, 0.3) is 0 Å². The lowest BCUT2D eigenvalue weighted by atomic mass is 10.1. The Morgan fingerprint density at radius 3 is 2.50 bits per heavy atom. The number of rotatable bonds is 5. The smallest absolute Gasteiger partial charge is 0.148 e. The first-order chi connectivity index (χ1) is 8.30. The first-order valence-electron chi connectivity index (χ1n) is 6.29. The van der Waals surface area contributed by atoms with Crippen molar-refractivity contribution >= 4 is 15.5 Å². The number of nitrogens with one attached hydrogen (secondary N) is 1. The Kier molecular flexibility index (Phi) is 3.41. The number of benzene rings is 1. The summed E-state index contributed by atoms with van der Waals surface area (Å²) in [5, 5.41) is 3.41. The number of hydrogen-bond donors (Lipinski definition) is 1. The molecule has 0 radical (unpaired) electrons. The topological polar surface area (TPSA) is 46.2 Å². The van der Waals surface area contributed by atoms with E-state index >= 15 is 0 Å². The van der Waals surface area contributed by atoms with E-state index in [1.807, 2.05) is 0 Å². The van der Waals surface area contributed by atoms with Crippen LogP contribution in [0.1, 0.15) is 24.0 Å². The van der Waals surface area contributed by atoms with Gasteiger partial charge in [-0.3, -0.25) is 0 Å². The highest BCUT2D eigenvalue weighted by atomic mass is 32.2. The summed E-state index contributed by atoms with van der Waals surface area (Å²) in [6.07, 6.45) is 3.35. The van der Waals surface area contributed by atoms with E-state index in [1.165, 1.54) is 17.4 Å². The van der Waals surface area contributed by atoms with Crippen molar-refractivity contribution in [1.82, 2.24) is 0 Å². The van der Waals surface area contributed by atoms with Crippen LogP contribution in [0.2, 0.25) is 0 Å². The molecule has 1 saturated carbocycles. The summed E-state index contributed by atoms with van der Waals surface area (Å²) < 4.78 is 22.8. The molecule has 2 rings (SSSR count). The zero-order chi connectivity index (χ0) is 13.4. The molecule has 4 heteroatoms. The molecule has 0 aromatic heterocycles.